The Bertz CT molecular complexity index is 555. The fourth-order valence-corrected chi connectivity index (χ4v) is 4.46. The Morgan fingerprint density at radius 3 is 2.42 bits per heavy atom. The van der Waals surface area contributed by atoms with Crippen LogP contribution in [0.1, 0.15) is 86.7 Å². The second-order valence-electron chi connectivity index (χ2n) is 7.85. The van der Waals surface area contributed by atoms with Crippen molar-refractivity contribution in [3.8, 4) is 0 Å². The highest BCUT2D eigenvalue weighted by atomic mass is 16.5. The van der Waals surface area contributed by atoms with Crippen molar-refractivity contribution in [1.29, 1.82) is 0 Å². The molecule has 2 nitrogen and oxygen atoms in total. The Morgan fingerprint density at radius 2 is 1.75 bits per heavy atom. The first-order chi connectivity index (χ1) is 11.7. The predicted octanol–water partition coefficient (Wildman–Crippen LogP) is 5.72. The van der Waals surface area contributed by atoms with Crippen LogP contribution in [0.4, 0.5) is 0 Å². The Labute approximate surface area is 147 Å². The van der Waals surface area contributed by atoms with Crippen LogP contribution in [0.5, 0.6) is 0 Å². The van der Waals surface area contributed by atoms with Gasteiger partial charge < -0.3 is 4.74 Å². The van der Waals surface area contributed by atoms with Crippen molar-refractivity contribution in [1.82, 2.24) is 0 Å². The van der Waals surface area contributed by atoms with Gasteiger partial charge in [-0.2, -0.15) is 0 Å². The molecule has 24 heavy (non-hydrogen) atoms. The number of hydrogen-bond acceptors (Lipinski definition) is 2. The van der Waals surface area contributed by atoms with E-state index in [-0.39, 0.29) is 12.1 Å². The second kappa shape index (κ2) is 8.18. The summed E-state index contributed by atoms with van der Waals surface area (Å²) in [6, 6.07) is 6.48. The molecule has 0 N–H and O–H groups in total. The van der Waals surface area contributed by atoms with Gasteiger partial charge in [0.1, 0.15) is 6.10 Å². The van der Waals surface area contributed by atoms with Gasteiger partial charge in [0, 0.05) is 6.42 Å². The Hall–Kier alpha value is -1.31. The SMILES string of the molecule is CCCC1CCC(CCc2ccc3c(c2)C(=O)OC(CC)C3)CC1. The Morgan fingerprint density at radius 1 is 1.04 bits per heavy atom. The van der Waals surface area contributed by atoms with Crippen molar-refractivity contribution < 1.29 is 9.53 Å². The van der Waals surface area contributed by atoms with Crippen LogP contribution in [0, 0.1) is 11.8 Å². The quantitative estimate of drug-likeness (QED) is 0.624. The lowest BCUT2D eigenvalue weighted by molar-refractivity contribution is 0.0249. The summed E-state index contributed by atoms with van der Waals surface area (Å²) in [5.74, 6) is 1.74. The number of esters is 1. The van der Waals surface area contributed by atoms with E-state index in [0.717, 1.165) is 36.7 Å². The lowest BCUT2D eigenvalue weighted by Crippen LogP contribution is -2.27. The fraction of sp³-hybridized carbons (Fsp3) is 0.682. The number of ether oxygens (including phenoxy) is 1. The molecule has 0 spiro atoms. The molecule has 1 fully saturated rings. The molecule has 2 aliphatic rings. The molecule has 132 valence electrons. The molecular weight excluding hydrogens is 296 g/mol. The molecule has 1 aromatic carbocycles. The molecule has 0 bridgehead atoms. The molecule has 1 aliphatic carbocycles. The van der Waals surface area contributed by atoms with Crippen LogP contribution < -0.4 is 0 Å². The average Bonchev–Trinajstić information content (AvgIpc) is 2.61. The van der Waals surface area contributed by atoms with Crippen molar-refractivity contribution in [3.05, 3.63) is 34.9 Å². The number of hydrogen-bond donors (Lipinski definition) is 0. The summed E-state index contributed by atoms with van der Waals surface area (Å²) in [6.07, 6.45) is 12.6. The van der Waals surface area contributed by atoms with Gasteiger partial charge in [0.15, 0.2) is 0 Å². The van der Waals surface area contributed by atoms with Crippen LogP contribution in [0.3, 0.4) is 0 Å². The number of rotatable bonds is 6. The van der Waals surface area contributed by atoms with Crippen LogP contribution in [0.15, 0.2) is 18.2 Å². The van der Waals surface area contributed by atoms with E-state index in [1.165, 1.54) is 56.1 Å². The summed E-state index contributed by atoms with van der Waals surface area (Å²) in [5, 5.41) is 0. The van der Waals surface area contributed by atoms with Crippen LogP contribution in [-0.4, -0.2) is 12.1 Å². The predicted molar refractivity (Wildman–Crippen MR) is 98.3 cm³/mol. The fourth-order valence-electron chi connectivity index (χ4n) is 4.46. The second-order valence-corrected chi connectivity index (χ2v) is 7.85. The first kappa shape index (κ1) is 17.5. The molecule has 0 saturated heterocycles. The number of carbonyl (C=O) groups is 1. The molecule has 3 rings (SSSR count). The lowest BCUT2D eigenvalue weighted by Gasteiger charge is -2.28. The van der Waals surface area contributed by atoms with E-state index in [2.05, 4.69) is 32.0 Å². The minimum Gasteiger partial charge on any atom is -0.458 e. The van der Waals surface area contributed by atoms with Crippen molar-refractivity contribution in [3.63, 3.8) is 0 Å². The normalized spacial score (nSPS) is 26.8. The number of benzene rings is 1. The zero-order chi connectivity index (χ0) is 16.9. The van der Waals surface area contributed by atoms with Gasteiger partial charge >= 0.3 is 5.97 Å². The summed E-state index contributed by atoms with van der Waals surface area (Å²) in [5.41, 5.74) is 3.28. The average molecular weight is 328 g/mol. The van der Waals surface area contributed by atoms with Crippen LogP contribution in [0.2, 0.25) is 0 Å². The number of aryl methyl sites for hydroxylation is 1. The van der Waals surface area contributed by atoms with Gasteiger partial charge in [-0.25, -0.2) is 4.79 Å². The Balaban J connectivity index is 1.54. The summed E-state index contributed by atoms with van der Waals surface area (Å²) >= 11 is 0. The highest BCUT2D eigenvalue weighted by Crippen LogP contribution is 2.34. The van der Waals surface area contributed by atoms with E-state index >= 15 is 0 Å². The molecular formula is C22H32O2. The molecule has 0 radical (unpaired) electrons. The van der Waals surface area contributed by atoms with Crippen molar-refractivity contribution in [2.24, 2.45) is 11.8 Å². The summed E-state index contributed by atoms with van der Waals surface area (Å²) in [4.78, 5) is 12.2. The van der Waals surface area contributed by atoms with Gasteiger partial charge in [-0.05, 0) is 48.3 Å². The summed E-state index contributed by atoms with van der Waals surface area (Å²) < 4.78 is 5.51. The third kappa shape index (κ3) is 4.20. The largest absolute Gasteiger partial charge is 0.458 e. The molecule has 1 heterocycles. The van der Waals surface area contributed by atoms with E-state index in [4.69, 9.17) is 4.74 Å². The molecule has 1 atom stereocenters. The molecule has 2 heteroatoms. The number of fused-ring (bicyclic) bond motifs is 1. The Kier molecular flexibility index (Phi) is 5.97. The molecule has 1 unspecified atom stereocenters. The third-order valence-electron chi connectivity index (χ3n) is 6.08. The highest BCUT2D eigenvalue weighted by molar-refractivity contribution is 5.92. The maximum absolute atomic E-state index is 12.2. The standard InChI is InChI=1S/C22H32O2/c1-3-5-16-6-8-17(9-7-16)10-11-18-12-13-19-15-20(4-2)24-22(23)21(19)14-18/h12-14,16-17,20H,3-11,15H2,1-2H3. The highest BCUT2D eigenvalue weighted by Gasteiger charge is 2.25. The van der Waals surface area contributed by atoms with E-state index in [1.54, 1.807) is 0 Å². The van der Waals surface area contributed by atoms with Crippen LogP contribution in [0.25, 0.3) is 0 Å². The lowest BCUT2D eigenvalue weighted by atomic mass is 9.78. The third-order valence-corrected chi connectivity index (χ3v) is 6.08. The molecule has 1 aromatic rings. The number of cyclic esters (lactones) is 1. The van der Waals surface area contributed by atoms with Crippen molar-refractivity contribution >= 4 is 5.97 Å². The van der Waals surface area contributed by atoms with Gasteiger partial charge in [-0.1, -0.05) is 64.5 Å². The van der Waals surface area contributed by atoms with Gasteiger partial charge in [0.25, 0.3) is 0 Å². The molecule has 1 aliphatic heterocycles. The minimum atomic E-state index is -0.120. The van der Waals surface area contributed by atoms with E-state index in [0.29, 0.717) is 0 Å². The van der Waals surface area contributed by atoms with Crippen molar-refractivity contribution in [2.45, 2.75) is 84.2 Å². The van der Waals surface area contributed by atoms with E-state index < -0.39 is 0 Å². The topological polar surface area (TPSA) is 26.3 Å². The zero-order valence-electron chi connectivity index (χ0n) is 15.4. The smallest absolute Gasteiger partial charge is 0.338 e. The van der Waals surface area contributed by atoms with Gasteiger partial charge in [0.05, 0.1) is 5.56 Å². The maximum atomic E-state index is 12.2. The summed E-state index contributed by atoms with van der Waals surface area (Å²) in [6.45, 7) is 4.38. The minimum absolute atomic E-state index is 0.0640. The maximum Gasteiger partial charge on any atom is 0.338 e. The zero-order valence-corrected chi connectivity index (χ0v) is 15.4. The van der Waals surface area contributed by atoms with Gasteiger partial charge in [-0.3, -0.25) is 0 Å². The first-order valence-corrected chi connectivity index (χ1v) is 10.0. The van der Waals surface area contributed by atoms with E-state index in [1.807, 2.05) is 0 Å². The molecule has 1 saturated carbocycles. The van der Waals surface area contributed by atoms with Crippen LogP contribution >= 0.6 is 0 Å². The van der Waals surface area contributed by atoms with Crippen LogP contribution in [-0.2, 0) is 17.6 Å². The molecule has 0 amide bonds. The van der Waals surface area contributed by atoms with Crippen molar-refractivity contribution in [2.75, 3.05) is 0 Å². The van der Waals surface area contributed by atoms with Gasteiger partial charge in [0.2, 0.25) is 0 Å². The first-order valence-electron chi connectivity index (χ1n) is 10.0. The molecule has 0 aromatic heterocycles. The number of carbonyl (C=O) groups excluding carboxylic acids is 1. The monoisotopic (exact) mass is 328 g/mol. The summed E-state index contributed by atoms with van der Waals surface area (Å²) in [7, 11) is 0. The van der Waals surface area contributed by atoms with Gasteiger partial charge in [-0.15, -0.1) is 0 Å². The van der Waals surface area contributed by atoms with E-state index in [9.17, 15) is 4.79 Å².